The second-order valence-corrected chi connectivity index (χ2v) is 10.3. The van der Waals surface area contributed by atoms with Gasteiger partial charge in [0.1, 0.15) is 11.2 Å². The van der Waals surface area contributed by atoms with E-state index in [2.05, 4.69) is 0 Å². The molecule has 1 heteroatoms. The SMILES string of the molecule is [2H]c1c([2H])c([2H])c2c(oc3c([2H])c([2H])c(-c4c5c([2H])c([2H])c([2H])c([2H])c5c(-c5c([2H])c([2H])c([2H])c6c([2H])c([2H])c([2H])c([2H])c56)c5c([2H])c([2H])c(-c6c([2H])c([2H])c([2H])c7c([2H])c([2H])c([2H])c([2H])c67)c([2H])c45)c([2H])c32)c1[2H]. The van der Waals surface area contributed by atoms with Gasteiger partial charge >= 0.3 is 0 Å². The second kappa shape index (κ2) is 10.2. The van der Waals surface area contributed by atoms with Crippen LogP contribution in [0.25, 0.3) is 98.4 Å². The van der Waals surface area contributed by atoms with Crippen LogP contribution in [0.5, 0.6) is 0 Å². The predicted molar refractivity (Wildman–Crippen MR) is 200 cm³/mol. The van der Waals surface area contributed by atoms with E-state index in [4.69, 9.17) is 29.1 Å². The number of benzene rings is 9. The van der Waals surface area contributed by atoms with Crippen molar-refractivity contribution >= 4 is 65.0 Å². The molecule has 10 rings (SSSR count). The van der Waals surface area contributed by atoms with Gasteiger partial charge in [-0.05, 0) is 101 Å². The van der Waals surface area contributed by atoms with Crippen molar-refractivity contribution in [3.05, 3.63) is 169 Å². The molecule has 1 heterocycles. The third-order valence-corrected chi connectivity index (χ3v) is 7.76. The molecule has 0 saturated heterocycles. The predicted octanol–water partition coefficient (Wildman–Crippen LogP) is 13.2. The summed E-state index contributed by atoms with van der Waals surface area (Å²) in [5.41, 5.74) is -6.11. The Morgan fingerprint density at radius 3 is 1.60 bits per heavy atom. The Balaban J connectivity index is 1.63. The highest BCUT2D eigenvalue weighted by Crippen LogP contribution is 2.47. The van der Waals surface area contributed by atoms with E-state index < -0.39 is 268 Å². The van der Waals surface area contributed by atoms with Gasteiger partial charge in [-0.1, -0.05) is 145 Å². The Morgan fingerprint density at radius 2 is 0.830 bits per heavy atom. The van der Waals surface area contributed by atoms with Gasteiger partial charge in [-0.25, -0.2) is 0 Å². The number of fused-ring (bicyclic) bond motifs is 7. The Hall–Kier alpha value is -6.18. The van der Waals surface area contributed by atoms with Gasteiger partial charge in [0.2, 0.25) is 0 Å². The zero-order valence-corrected chi connectivity index (χ0v) is 23.4. The summed E-state index contributed by atoms with van der Waals surface area (Å²) in [6.07, 6.45) is 0. The Morgan fingerprint density at radius 1 is 0.319 bits per heavy atom. The first-order valence-corrected chi connectivity index (χ1v) is 13.9. The highest BCUT2D eigenvalue weighted by atomic mass is 16.3. The second-order valence-electron chi connectivity index (χ2n) is 10.3. The molecule has 0 radical (unpaired) electrons. The minimum absolute atomic E-state index is 0.486. The van der Waals surface area contributed by atoms with Gasteiger partial charge in [0.05, 0.1) is 38.4 Å². The quantitative estimate of drug-likeness (QED) is 0.178. The molecule has 0 atom stereocenters. The summed E-state index contributed by atoms with van der Waals surface area (Å²) in [6, 6.07) is -26.6. The van der Waals surface area contributed by atoms with E-state index in [1.54, 1.807) is 0 Å². The van der Waals surface area contributed by atoms with Crippen molar-refractivity contribution in [1.82, 2.24) is 0 Å². The molecule has 0 aliphatic heterocycles. The molecule has 0 bridgehead atoms. The summed E-state index contributed by atoms with van der Waals surface area (Å²) in [6.45, 7) is 0. The maximum atomic E-state index is 10.3. The lowest BCUT2D eigenvalue weighted by atomic mass is 9.83. The van der Waals surface area contributed by atoms with Crippen LogP contribution in [0.15, 0.2) is 174 Å². The Kier molecular flexibility index (Phi) is 2.31. The molecule has 0 saturated carbocycles. The fraction of sp³-hybridized carbons (Fsp3) is 0. The molecule has 0 unspecified atom stereocenters. The van der Waals surface area contributed by atoms with Crippen molar-refractivity contribution in [2.45, 2.75) is 0 Å². The third-order valence-electron chi connectivity index (χ3n) is 7.76. The Bertz CT molecular complexity index is 4430. The van der Waals surface area contributed by atoms with E-state index in [9.17, 15) is 13.7 Å². The van der Waals surface area contributed by atoms with E-state index in [0.717, 1.165) is 0 Å². The molecule has 0 amide bonds. The summed E-state index contributed by atoms with van der Waals surface area (Å²) in [7, 11) is 0. The molecule has 1 aromatic heterocycles. The first-order chi connectivity index (χ1) is 35.0. The van der Waals surface area contributed by atoms with Crippen LogP contribution in [0, 0.1) is 0 Å². The lowest BCUT2D eigenvalue weighted by molar-refractivity contribution is 0.669. The molecule has 10 aromatic rings. The minimum atomic E-state index is -1.13. The van der Waals surface area contributed by atoms with Crippen molar-refractivity contribution in [2.75, 3.05) is 0 Å². The van der Waals surface area contributed by atoms with Crippen LogP contribution in [0.3, 0.4) is 0 Å². The molecule has 0 aliphatic rings. The summed E-state index contributed by atoms with van der Waals surface area (Å²) in [4.78, 5) is 0. The smallest absolute Gasteiger partial charge is 0.135 e. The first-order valence-electron chi connectivity index (χ1n) is 27.9. The lowest BCUT2D eigenvalue weighted by Crippen LogP contribution is -1.92. The molecule has 1 nitrogen and oxygen atoms in total. The average molecular weight is 625 g/mol. The van der Waals surface area contributed by atoms with E-state index in [1.807, 2.05) is 0 Å². The highest BCUT2D eigenvalue weighted by molar-refractivity contribution is 6.24. The molecule has 0 spiro atoms. The molecular formula is C46H28O. The van der Waals surface area contributed by atoms with Crippen LogP contribution >= 0.6 is 0 Å². The van der Waals surface area contributed by atoms with E-state index in [-0.39, 0.29) is 0 Å². The number of rotatable bonds is 3. The molecular weight excluding hydrogens is 569 g/mol. The average Bonchev–Trinajstić information content (AvgIpc) is 3.85. The van der Waals surface area contributed by atoms with Crippen LogP contribution < -0.4 is 0 Å². The van der Waals surface area contributed by atoms with Gasteiger partial charge < -0.3 is 4.42 Å². The number of furan rings is 1. The summed E-state index contributed by atoms with van der Waals surface area (Å²) in [5.74, 6) is 0. The van der Waals surface area contributed by atoms with E-state index >= 15 is 0 Å². The maximum Gasteiger partial charge on any atom is 0.135 e. The van der Waals surface area contributed by atoms with Crippen LogP contribution in [-0.4, -0.2) is 0 Å². The van der Waals surface area contributed by atoms with Crippen LogP contribution in [0.2, 0.25) is 0 Å². The Labute approximate surface area is 311 Å². The molecule has 0 N–H and O–H groups in total. The fourth-order valence-electron chi connectivity index (χ4n) is 5.77. The minimum Gasteiger partial charge on any atom is -0.456 e. The molecule has 0 fully saturated rings. The molecule has 9 aromatic carbocycles. The number of para-hydroxylation sites is 1. The lowest BCUT2D eigenvalue weighted by Gasteiger charge is -2.20. The van der Waals surface area contributed by atoms with E-state index in [1.165, 1.54) is 0 Å². The maximum absolute atomic E-state index is 10.3. The van der Waals surface area contributed by atoms with Crippen molar-refractivity contribution in [3.63, 3.8) is 0 Å². The summed E-state index contributed by atoms with van der Waals surface area (Å²) in [5, 5.41) is -7.01. The topological polar surface area (TPSA) is 13.1 Å². The van der Waals surface area contributed by atoms with Crippen molar-refractivity contribution < 1.29 is 42.8 Å². The highest BCUT2D eigenvalue weighted by Gasteiger charge is 2.20. The van der Waals surface area contributed by atoms with E-state index in [0.29, 0.717) is 0 Å². The van der Waals surface area contributed by atoms with Gasteiger partial charge in [0, 0.05) is 10.8 Å². The molecule has 47 heavy (non-hydrogen) atoms. The monoisotopic (exact) mass is 624 g/mol. The zero-order valence-electron chi connectivity index (χ0n) is 51.4. The van der Waals surface area contributed by atoms with Crippen LogP contribution in [0.1, 0.15) is 38.4 Å². The number of hydrogen-bond acceptors (Lipinski definition) is 1. The van der Waals surface area contributed by atoms with Crippen molar-refractivity contribution in [2.24, 2.45) is 0 Å². The van der Waals surface area contributed by atoms with Gasteiger partial charge in [-0.15, -0.1) is 0 Å². The van der Waals surface area contributed by atoms with Gasteiger partial charge in [-0.3, -0.25) is 0 Å². The number of hydrogen-bond donors (Lipinski definition) is 0. The fourth-order valence-corrected chi connectivity index (χ4v) is 5.77. The normalized spacial score (nSPS) is 20.2. The van der Waals surface area contributed by atoms with Crippen molar-refractivity contribution in [3.8, 4) is 33.4 Å². The van der Waals surface area contributed by atoms with Gasteiger partial charge in [0.15, 0.2) is 0 Å². The van der Waals surface area contributed by atoms with Crippen molar-refractivity contribution in [1.29, 1.82) is 0 Å². The standard InChI is InChI=1S/C46H28O/c1-3-15-33-29(11-1)13-9-20-35(33)31-23-25-40-42(27-31)45(32-24-26-44-41(28-32)36-17-7-8-22-43(36)47-44)38-18-5-6-19-39(38)46(40)37-21-10-14-30-12-2-4-16-34(30)37/h1-28H/i1D,2D,3D,4D,5D,6D,7D,8D,9D,10D,11D,12D,13D,14D,15D,16D,17D,18D,19D,20D,21D,22D,23D,24D,25D,26D,27D,28D. The first kappa shape index (κ1) is 10.7. The van der Waals surface area contributed by atoms with Crippen LogP contribution in [-0.2, 0) is 0 Å². The summed E-state index contributed by atoms with van der Waals surface area (Å²) < 4.78 is 260. The summed E-state index contributed by atoms with van der Waals surface area (Å²) >= 11 is 0. The van der Waals surface area contributed by atoms with Gasteiger partial charge in [-0.2, -0.15) is 0 Å². The third kappa shape index (κ3) is 3.97. The molecule has 0 aliphatic carbocycles. The largest absolute Gasteiger partial charge is 0.456 e. The van der Waals surface area contributed by atoms with Crippen LogP contribution in [0.4, 0.5) is 0 Å². The van der Waals surface area contributed by atoms with Gasteiger partial charge in [0.25, 0.3) is 0 Å². The molecule has 218 valence electrons. The zero-order chi connectivity index (χ0) is 55.3.